The molecule has 0 aromatic rings. The van der Waals surface area contributed by atoms with Crippen molar-refractivity contribution in [2.75, 3.05) is 13.2 Å². The van der Waals surface area contributed by atoms with Gasteiger partial charge in [-0.1, -0.05) is 6.92 Å². The lowest BCUT2D eigenvalue weighted by Crippen LogP contribution is -2.26. The van der Waals surface area contributed by atoms with Crippen LogP contribution in [0, 0.1) is 0 Å². The van der Waals surface area contributed by atoms with Gasteiger partial charge in [-0.3, -0.25) is 0 Å². The molecule has 0 bridgehead atoms. The van der Waals surface area contributed by atoms with Gasteiger partial charge in [-0.25, -0.2) is 0 Å². The summed E-state index contributed by atoms with van der Waals surface area (Å²) in [7, 11) is 0. The molecule has 1 aliphatic rings. The van der Waals surface area contributed by atoms with Crippen LogP contribution in [-0.4, -0.2) is 30.2 Å². The van der Waals surface area contributed by atoms with Crippen LogP contribution in [0.2, 0.25) is 0 Å². The van der Waals surface area contributed by atoms with Gasteiger partial charge in [0.2, 0.25) is 0 Å². The minimum atomic E-state index is -0.451. The first-order chi connectivity index (χ1) is 4.70. The zero-order valence-electron chi connectivity index (χ0n) is 6.46. The van der Waals surface area contributed by atoms with Crippen molar-refractivity contribution in [2.45, 2.75) is 32.2 Å². The normalized spacial score (nSPS) is 40.5. The molecule has 1 rings (SSSR count). The Bertz CT molecular complexity index is 115. The second kappa shape index (κ2) is 2.86. The highest BCUT2D eigenvalue weighted by molar-refractivity contribution is 4.72. The molecule has 10 heavy (non-hydrogen) atoms. The Labute approximate surface area is 60.9 Å². The summed E-state index contributed by atoms with van der Waals surface area (Å²) in [4.78, 5) is 0. The van der Waals surface area contributed by atoms with Crippen molar-refractivity contribution in [3.8, 4) is 0 Å². The molecule has 0 saturated carbocycles. The molecule has 0 radical (unpaired) electrons. The Morgan fingerprint density at radius 1 is 1.70 bits per heavy atom. The largest absolute Gasteiger partial charge is 0.394 e. The van der Waals surface area contributed by atoms with Gasteiger partial charge in [0.05, 0.1) is 13.2 Å². The second-order valence-electron chi connectivity index (χ2n) is 2.72. The van der Waals surface area contributed by atoms with Crippen LogP contribution in [0.1, 0.15) is 20.3 Å². The number of aliphatic hydroxyl groups is 1. The quantitative estimate of drug-likeness (QED) is 0.617. The standard InChI is InChI=1S/C7H14O3/c1-3-7(2)9-5-6(4-8)10-7/h6,8H,3-5H2,1-2H3. The van der Waals surface area contributed by atoms with Gasteiger partial charge in [-0.2, -0.15) is 0 Å². The molecule has 0 aromatic carbocycles. The summed E-state index contributed by atoms with van der Waals surface area (Å²) in [5.41, 5.74) is 0. The summed E-state index contributed by atoms with van der Waals surface area (Å²) in [5.74, 6) is -0.451. The highest BCUT2D eigenvalue weighted by atomic mass is 16.7. The van der Waals surface area contributed by atoms with E-state index in [1.807, 2.05) is 13.8 Å². The van der Waals surface area contributed by atoms with Crippen molar-refractivity contribution in [2.24, 2.45) is 0 Å². The number of rotatable bonds is 2. The fourth-order valence-electron chi connectivity index (χ4n) is 0.965. The summed E-state index contributed by atoms with van der Waals surface area (Å²) in [5, 5.41) is 8.69. The van der Waals surface area contributed by atoms with E-state index in [0.29, 0.717) is 6.61 Å². The average molecular weight is 146 g/mol. The average Bonchev–Trinajstić information content (AvgIpc) is 2.33. The van der Waals surface area contributed by atoms with E-state index in [1.165, 1.54) is 0 Å². The Balaban J connectivity index is 2.41. The van der Waals surface area contributed by atoms with Gasteiger partial charge in [0.15, 0.2) is 5.79 Å². The third-order valence-corrected chi connectivity index (χ3v) is 1.84. The molecule has 1 saturated heterocycles. The molecule has 1 fully saturated rings. The van der Waals surface area contributed by atoms with Crippen LogP contribution in [0.3, 0.4) is 0 Å². The first kappa shape index (κ1) is 7.98. The van der Waals surface area contributed by atoms with Crippen LogP contribution in [0.5, 0.6) is 0 Å². The molecule has 0 aromatic heterocycles. The molecule has 3 heteroatoms. The predicted octanol–water partition coefficient (Wildman–Crippen LogP) is 0.520. The van der Waals surface area contributed by atoms with E-state index in [4.69, 9.17) is 14.6 Å². The van der Waals surface area contributed by atoms with Crippen LogP contribution < -0.4 is 0 Å². The lowest BCUT2D eigenvalue weighted by molar-refractivity contribution is -0.158. The van der Waals surface area contributed by atoms with Gasteiger partial charge >= 0.3 is 0 Å². The minimum absolute atomic E-state index is 0.0512. The summed E-state index contributed by atoms with van der Waals surface area (Å²) < 4.78 is 10.7. The Hall–Kier alpha value is -0.120. The van der Waals surface area contributed by atoms with Crippen molar-refractivity contribution in [1.82, 2.24) is 0 Å². The highest BCUT2D eigenvalue weighted by Gasteiger charge is 2.34. The van der Waals surface area contributed by atoms with Crippen LogP contribution in [0.25, 0.3) is 0 Å². The lowest BCUT2D eigenvalue weighted by Gasteiger charge is -2.20. The first-order valence-electron chi connectivity index (χ1n) is 3.63. The van der Waals surface area contributed by atoms with E-state index >= 15 is 0 Å². The van der Waals surface area contributed by atoms with Crippen LogP contribution >= 0.6 is 0 Å². The van der Waals surface area contributed by atoms with Crippen LogP contribution in [-0.2, 0) is 9.47 Å². The fraction of sp³-hybridized carbons (Fsp3) is 1.00. The van der Waals surface area contributed by atoms with E-state index in [9.17, 15) is 0 Å². The lowest BCUT2D eigenvalue weighted by atomic mass is 10.2. The van der Waals surface area contributed by atoms with Crippen molar-refractivity contribution in [3.63, 3.8) is 0 Å². The fourth-order valence-corrected chi connectivity index (χ4v) is 0.965. The molecular weight excluding hydrogens is 132 g/mol. The third kappa shape index (κ3) is 1.48. The third-order valence-electron chi connectivity index (χ3n) is 1.84. The molecule has 0 aliphatic carbocycles. The van der Waals surface area contributed by atoms with E-state index in [-0.39, 0.29) is 12.7 Å². The van der Waals surface area contributed by atoms with E-state index in [0.717, 1.165) is 6.42 Å². The molecular formula is C7H14O3. The van der Waals surface area contributed by atoms with E-state index in [2.05, 4.69) is 0 Å². The Kier molecular flexibility index (Phi) is 2.28. The SMILES string of the molecule is CCC1(C)OCC(CO)O1. The number of aliphatic hydroxyl groups excluding tert-OH is 1. The van der Waals surface area contributed by atoms with Crippen molar-refractivity contribution in [3.05, 3.63) is 0 Å². The van der Waals surface area contributed by atoms with Gasteiger partial charge in [0, 0.05) is 0 Å². The Morgan fingerprint density at radius 3 is 2.70 bits per heavy atom. The van der Waals surface area contributed by atoms with Gasteiger partial charge in [-0.15, -0.1) is 0 Å². The molecule has 1 heterocycles. The monoisotopic (exact) mass is 146 g/mol. The summed E-state index contributed by atoms with van der Waals surface area (Å²) in [6.45, 7) is 4.46. The molecule has 2 unspecified atom stereocenters. The summed E-state index contributed by atoms with van der Waals surface area (Å²) in [6, 6.07) is 0. The summed E-state index contributed by atoms with van der Waals surface area (Å²) in [6.07, 6.45) is 0.702. The van der Waals surface area contributed by atoms with E-state index in [1.54, 1.807) is 0 Å². The molecule has 1 N–H and O–H groups in total. The topological polar surface area (TPSA) is 38.7 Å². The van der Waals surface area contributed by atoms with Crippen LogP contribution in [0.15, 0.2) is 0 Å². The van der Waals surface area contributed by atoms with Gasteiger partial charge < -0.3 is 14.6 Å². The summed E-state index contributed by atoms with van der Waals surface area (Å²) >= 11 is 0. The maximum Gasteiger partial charge on any atom is 0.165 e. The van der Waals surface area contributed by atoms with Crippen molar-refractivity contribution in [1.29, 1.82) is 0 Å². The van der Waals surface area contributed by atoms with Gasteiger partial charge in [-0.05, 0) is 13.3 Å². The van der Waals surface area contributed by atoms with E-state index < -0.39 is 5.79 Å². The zero-order valence-corrected chi connectivity index (χ0v) is 6.46. The molecule has 3 nitrogen and oxygen atoms in total. The van der Waals surface area contributed by atoms with Crippen molar-refractivity contribution < 1.29 is 14.6 Å². The molecule has 0 spiro atoms. The highest BCUT2D eigenvalue weighted by Crippen LogP contribution is 2.25. The maximum absolute atomic E-state index is 8.69. The van der Waals surface area contributed by atoms with Crippen LogP contribution in [0.4, 0.5) is 0 Å². The predicted molar refractivity (Wildman–Crippen MR) is 36.6 cm³/mol. The molecule has 1 aliphatic heterocycles. The smallest absolute Gasteiger partial charge is 0.165 e. The number of ether oxygens (including phenoxy) is 2. The van der Waals surface area contributed by atoms with Gasteiger partial charge in [0.1, 0.15) is 6.10 Å². The Morgan fingerprint density at radius 2 is 2.40 bits per heavy atom. The molecule has 60 valence electrons. The van der Waals surface area contributed by atoms with Crippen molar-refractivity contribution >= 4 is 0 Å². The number of hydrogen-bond donors (Lipinski definition) is 1. The minimum Gasteiger partial charge on any atom is -0.394 e. The maximum atomic E-state index is 8.69. The zero-order chi connectivity index (χ0) is 7.61. The second-order valence-corrected chi connectivity index (χ2v) is 2.72. The van der Waals surface area contributed by atoms with Gasteiger partial charge in [0.25, 0.3) is 0 Å². The first-order valence-corrected chi connectivity index (χ1v) is 3.63. The number of hydrogen-bond acceptors (Lipinski definition) is 3. The molecule has 2 atom stereocenters. The molecule has 0 amide bonds.